The number of carbonyl (C=O) groups excluding carboxylic acids is 1. The standard InChI is InChI=1S/C32H55N2O3/c1-22(35)37-30-28(34(4)17-9-6-10-18-34)20-26-24-12-11-23-19-29(36)27(33-15-7-5-8-16-33)21-32(23,3)25(24)13-14-31(26,30)2/h23-30,36H,5-21H2,1-4H3/q+1/t23-,24+,25-,26-,27-,28-,29-,30-,31-,32-/m0/s1. The van der Waals surface area contributed by atoms with E-state index in [1.807, 2.05) is 0 Å². The average molecular weight is 516 g/mol. The number of quaternary nitrogens is 1. The Kier molecular flexibility index (Phi) is 7.01. The fourth-order valence-electron chi connectivity index (χ4n) is 11.4. The topological polar surface area (TPSA) is 49.8 Å². The van der Waals surface area contributed by atoms with Crippen molar-refractivity contribution in [3.8, 4) is 0 Å². The van der Waals surface area contributed by atoms with Crippen molar-refractivity contribution >= 4 is 5.97 Å². The molecule has 0 amide bonds. The Morgan fingerprint density at radius 3 is 2.32 bits per heavy atom. The maximum absolute atomic E-state index is 12.4. The number of ether oxygens (including phenoxy) is 1. The van der Waals surface area contributed by atoms with Crippen LogP contribution >= 0.6 is 0 Å². The molecule has 1 N–H and O–H groups in total. The normalized spacial score (nSPS) is 50.0. The number of hydrogen-bond donors (Lipinski definition) is 1. The molecule has 6 aliphatic rings. The zero-order valence-electron chi connectivity index (χ0n) is 24.3. The minimum absolute atomic E-state index is 0.0684. The lowest BCUT2D eigenvalue weighted by atomic mass is 9.44. The third kappa shape index (κ3) is 4.32. The molecule has 2 saturated heterocycles. The van der Waals surface area contributed by atoms with Crippen molar-refractivity contribution in [2.45, 2.75) is 129 Å². The fourth-order valence-corrected chi connectivity index (χ4v) is 11.4. The second kappa shape index (κ2) is 9.77. The maximum Gasteiger partial charge on any atom is 0.303 e. The summed E-state index contributed by atoms with van der Waals surface area (Å²) in [4.78, 5) is 15.1. The number of esters is 1. The number of likely N-dealkylation sites (tertiary alicyclic amines) is 2. The van der Waals surface area contributed by atoms with E-state index in [2.05, 4.69) is 25.8 Å². The van der Waals surface area contributed by atoms with Gasteiger partial charge in [-0.15, -0.1) is 0 Å². The monoisotopic (exact) mass is 515 g/mol. The molecule has 37 heavy (non-hydrogen) atoms. The fraction of sp³-hybridized carbons (Fsp3) is 0.969. The third-order valence-corrected chi connectivity index (χ3v) is 13.4. The summed E-state index contributed by atoms with van der Waals surface area (Å²) in [6.45, 7) is 11.6. The van der Waals surface area contributed by atoms with Crippen LogP contribution in [0.15, 0.2) is 0 Å². The molecule has 210 valence electrons. The van der Waals surface area contributed by atoms with E-state index in [0.717, 1.165) is 22.7 Å². The van der Waals surface area contributed by atoms with Gasteiger partial charge in [-0.25, -0.2) is 0 Å². The number of aliphatic hydroxyl groups is 1. The molecule has 10 atom stereocenters. The van der Waals surface area contributed by atoms with Crippen molar-refractivity contribution < 1.29 is 19.1 Å². The van der Waals surface area contributed by atoms with Crippen LogP contribution in [0.3, 0.4) is 0 Å². The zero-order valence-corrected chi connectivity index (χ0v) is 24.3. The Bertz CT molecular complexity index is 851. The van der Waals surface area contributed by atoms with E-state index in [0.29, 0.717) is 29.3 Å². The predicted molar refractivity (Wildman–Crippen MR) is 147 cm³/mol. The highest BCUT2D eigenvalue weighted by Crippen LogP contribution is 2.67. The highest BCUT2D eigenvalue weighted by molar-refractivity contribution is 5.66. The molecule has 0 radical (unpaired) electrons. The van der Waals surface area contributed by atoms with E-state index < -0.39 is 0 Å². The molecule has 2 aliphatic heterocycles. The van der Waals surface area contributed by atoms with Crippen LogP contribution in [0.5, 0.6) is 0 Å². The summed E-state index contributed by atoms with van der Waals surface area (Å²) >= 11 is 0. The molecule has 0 aromatic rings. The van der Waals surface area contributed by atoms with Gasteiger partial charge in [-0.1, -0.05) is 20.3 Å². The lowest BCUT2D eigenvalue weighted by Crippen LogP contribution is -2.61. The van der Waals surface area contributed by atoms with E-state index in [9.17, 15) is 9.90 Å². The van der Waals surface area contributed by atoms with Crippen molar-refractivity contribution in [3.63, 3.8) is 0 Å². The smallest absolute Gasteiger partial charge is 0.303 e. The summed E-state index contributed by atoms with van der Waals surface area (Å²) in [5.74, 6) is 2.76. The van der Waals surface area contributed by atoms with Gasteiger partial charge < -0.3 is 14.3 Å². The quantitative estimate of drug-likeness (QED) is 0.404. The van der Waals surface area contributed by atoms with E-state index in [4.69, 9.17) is 4.74 Å². The number of aliphatic hydroxyl groups excluding tert-OH is 1. The van der Waals surface area contributed by atoms with Crippen LogP contribution in [0.2, 0.25) is 0 Å². The van der Waals surface area contributed by atoms with Gasteiger partial charge in [0.15, 0.2) is 6.10 Å². The van der Waals surface area contributed by atoms with E-state index in [1.165, 1.54) is 103 Å². The number of rotatable bonds is 3. The third-order valence-electron chi connectivity index (χ3n) is 13.4. The van der Waals surface area contributed by atoms with Gasteiger partial charge in [-0.3, -0.25) is 9.69 Å². The second-order valence-electron chi connectivity index (χ2n) is 15.2. The van der Waals surface area contributed by atoms with Crippen LogP contribution in [0, 0.1) is 34.5 Å². The molecular formula is C32H55N2O3+. The Labute approximate surface area is 226 Å². The van der Waals surface area contributed by atoms with Crippen LogP contribution in [0.25, 0.3) is 0 Å². The van der Waals surface area contributed by atoms with Gasteiger partial charge in [0.2, 0.25) is 0 Å². The van der Waals surface area contributed by atoms with Gasteiger partial charge in [0.25, 0.3) is 0 Å². The van der Waals surface area contributed by atoms with Crippen LogP contribution in [-0.4, -0.2) is 78.0 Å². The molecule has 0 spiro atoms. The van der Waals surface area contributed by atoms with Gasteiger partial charge in [0, 0.05) is 24.8 Å². The van der Waals surface area contributed by atoms with Gasteiger partial charge in [-0.2, -0.15) is 0 Å². The number of hydrogen-bond acceptors (Lipinski definition) is 4. The van der Waals surface area contributed by atoms with Crippen molar-refractivity contribution in [2.24, 2.45) is 34.5 Å². The molecule has 4 saturated carbocycles. The number of fused-ring (bicyclic) bond motifs is 5. The zero-order chi connectivity index (χ0) is 26.0. The SMILES string of the molecule is CC(=O)O[C@H]1[C@@H]([N+]2(C)CCCCC2)C[C@H]2[C@@H]3CC[C@H]4C[C@H](O)[C@@H](N5CCCCC5)C[C@]4(C)[C@H]3CC[C@@]21C. The maximum atomic E-state index is 12.4. The average Bonchev–Trinajstić information content (AvgIpc) is 3.17. The minimum atomic E-state index is -0.144. The summed E-state index contributed by atoms with van der Waals surface area (Å²) in [7, 11) is 2.47. The molecule has 6 fully saturated rings. The van der Waals surface area contributed by atoms with Crippen molar-refractivity contribution in [1.82, 2.24) is 4.90 Å². The van der Waals surface area contributed by atoms with Gasteiger partial charge in [0.05, 0.1) is 26.2 Å². The van der Waals surface area contributed by atoms with Crippen molar-refractivity contribution in [2.75, 3.05) is 33.2 Å². The number of carbonyl (C=O) groups is 1. The van der Waals surface area contributed by atoms with E-state index >= 15 is 0 Å². The van der Waals surface area contributed by atoms with E-state index in [-0.39, 0.29) is 23.6 Å². The summed E-state index contributed by atoms with van der Waals surface area (Å²) in [5, 5.41) is 11.3. The largest absolute Gasteiger partial charge is 0.456 e. The number of likely N-dealkylation sites (N-methyl/N-ethyl adjacent to an activating group) is 1. The summed E-state index contributed by atoms with van der Waals surface area (Å²) in [6, 6.07) is 0.814. The van der Waals surface area contributed by atoms with Crippen LogP contribution < -0.4 is 0 Å². The molecule has 5 nitrogen and oxygen atoms in total. The highest BCUT2D eigenvalue weighted by atomic mass is 16.5. The Balaban J connectivity index is 1.28. The van der Waals surface area contributed by atoms with Crippen LogP contribution in [0.1, 0.15) is 104 Å². The molecule has 0 unspecified atom stereocenters. The molecule has 0 bridgehead atoms. The molecule has 4 aliphatic carbocycles. The van der Waals surface area contributed by atoms with E-state index in [1.54, 1.807) is 6.92 Å². The second-order valence-corrected chi connectivity index (χ2v) is 15.2. The Morgan fingerprint density at radius 2 is 1.62 bits per heavy atom. The molecule has 6 rings (SSSR count). The number of piperidine rings is 2. The van der Waals surface area contributed by atoms with Gasteiger partial charge in [-0.05, 0) is 113 Å². The van der Waals surface area contributed by atoms with Gasteiger partial charge in [0.1, 0.15) is 6.04 Å². The highest BCUT2D eigenvalue weighted by Gasteiger charge is 2.67. The molecule has 0 aromatic heterocycles. The first-order chi connectivity index (χ1) is 17.7. The Hall–Kier alpha value is -0.650. The number of nitrogens with zero attached hydrogens (tertiary/aromatic N) is 2. The first-order valence-electron chi connectivity index (χ1n) is 16.1. The first-order valence-corrected chi connectivity index (χ1v) is 16.1. The molecule has 0 aromatic carbocycles. The predicted octanol–water partition coefficient (Wildman–Crippen LogP) is 5.40. The van der Waals surface area contributed by atoms with Crippen LogP contribution in [-0.2, 0) is 9.53 Å². The Morgan fingerprint density at radius 1 is 0.919 bits per heavy atom. The lowest BCUT2D eigenvalue weighted by Gasteiger charge is -2.62. The molecule has 5 heteroatoms. The summed E-state index contributed by atoms with van der Waals surface area (Å²) in [5.41, 5.74) is 0.448. The molecular weight excluding hydrogens is 460 g/mol. The first kappa shape index (κ1) is 26.6. The van der Waals surface area contributed by atoms with Crippen LogP contribution in [0.4, 0.5) is 0 Å². The minimum Gasteiger partial charge on any atom is -0.456 e. The van der Waals surface area contributed by atoms with Gasteiger partial charge >= 0.3 is 5.97 Å². The summed E-state index contributed by atoms with van der Waals surface area (Å²) in [6.07, 6.45) is 16.4. The lowest BCUT2D eigenvalue weighted by molar-refractivity contribution is -0.940. The molecule has 2 heterocycles. The van der Waals surface area contributed by atoms with Crippen molar-refractivity contribution in [3.05, 3.63) is 0 Å². The summed E-state index contributed by atoms with van der Waals surface area (Å²) < 4.78 is 7.46. The van der Waals surface area contributed by atoms with Crippen molar-refractivity contribution in [1.29, 1.82) is 0 Å².